The van der Waals surface area contributed by atoms with Crippen molar-refractivity contribution in [2.45, 2.75) is 69.9 Å². The van der Waals surface area contributed by atoms with E-state index in [1.54, 1.807) is 24.3 Å². The highest BCUT2D eigenvalue weighted by molar-refractivity contribution is 5.94. The van der Waals surface area contributed by atoms with Gasteiger partial charge in [-0.1, -0.05) is 43.4 Å². The highest BCUT2D eigenvalue weighted by atomic mass is 16.5. The first-order valence-corrected chi connectivity index (χ1v) is 11.1. The zero-order valence-electron chi connectivity index (χ0n) is 18.3. The number of carbonyl (C=O) groups is 2. The number of aromatic hydroxyl groups is 1. The molecule has 1 saturated heterocycles. The summed E-state index contributed by atoms with van der Waals surface area (Å²) in [7, 11) is 0. The predicted molar refractivity (Wildman–Crippen MR) is 120 cm³/mol. The van der Waals surface area contributed by atoms with Crippen LogP contribution >= 0.6 is 0 Å². The fourth-order valence-corrected chi connectivity index (χ4v) is 4.07. The van der Waals surface area contributed by atoms with Gasteiger partial charge in [0.1, 0.15) is 17.4 Å². The molecule has 0 aromatic heterocycles. The molecule has 7 heteroatoms. The van der Waals surface area contributed by atoms with Crippen LogP contribution in [0.2, 0.25) is 0 Å². The van der Waals surface area contributed by atoms with Gasteiger partial charge in [0.05, 0.1) is 18.3 Å². The number of amides is 1. The third-order valence-corrected chi connectivity index (χ3v) is 5.51. The van der Waals surface area contributed by atoms with Crippen LogP contribution in [-0.2, 0) is 20.7 Å². The number of nitrogens with one attached hydrogen (secondary N) is 1. The molecule has 2 heterocycles. The van der Waals surface area contributed by atoms with Crippen LogP contribution in [0.25, 0.3) is 0 Å². The average molecular weight is 442 g/mol. The third kappa shape index (κ3) is 6.80. The Morgan fingerprint density at radius 2 is 2.00 bits per heavy atom. The van der Waals surface area contributed by atoms with Crippen LogP contribution < -0.4 is 5.32 Å². The minimum absolute atomic E-state index is 0.133. The van der Waals surface area contributed by atoms with Crippen molar-refractivity contribution in [3.63, 3.8) is 0 Å². The molecule has 4 atom stereocenters. The summed E-state index contributed by atoms with van der Waals surface area (Å²) in [4.78, 5) is 24.7. The van der Waals surface area contributed by atoms with E-state index in [9.17, 15) is 19.8 Å². The lowest BCUT2D eigenvalue weighted by Gasteiger charge is -2.36. The van der Waals surface area contributed by atoms with Crippen molar-refractivity contribution in [3.05, 3.63) is 65.9 Å². The van der Waals surface area contributed by atoms with Crippen molar-refractivity contribution >= 4 is 11.9 Å². The molecule has 0 spiro atoms. The van der Waals surface area contributed by atoms with Gasteiger partial charge in [-0.25, -0.2) is 4.79 Å². The number of ether oxygens (including phenoxy) is 2. The standard InChI is InChI=1S/C25H31NO6/c1-2-3-4-5-11-23(29)26-12-7-9-19-16-21-15-18(27)14-20(31-21)13-17-8-6-10-22(28)24(17)25(30)32-19/h3-8,10-12,18-21,27-28H,2,9,13-16H2,1H3,(H,26,29)/b4-3-,11-5-,12-7+/t18-,19?,20?,21-/m1/s1. The predicted octanol–water partition coefficient (Wildman–Crippen LogP) is 3.31. The lowest BCUT2D eigenvalue weighted by Crippen LogP contribution is -2.40. The second kappa shape index (κ2) is 11.6. The molecule has 2 bridgehead atoms. The Balaban J connectivity index is 1.70. The van der Waals surface area contributed by atoms with Crippen LogP contribution in [0.3, 0.4) is 0 Å². The van der Waals surface area contributed by atoms with Gasteiger partial charge in [0.25, 0.3) is 0 Å². The maximum atomic E-state index is 12.9. The van der Waals surface area contributed by atoms with E-state index in [0.717, 1.165) is 6.42 Å². The first-order chi connectivity index (χ1) is 15.5. The summed E-state index contributed by atoms with van der Waals surface area (Å²) in [6.45, 7) is 2.01. The molecular formula is C25H31NO6. The zero-order valence-corrected chi connectivity index (χ0v) is 18.3. The van der Waals surface area contributed by atoms with Crippen LogP contribution in [0.5, 0.6) is 5.75 Å². The lowest BCUT2D eigenvalue weighted by molar-refractivity contribution is -0.115. The molecule has 172 valence electrons. The Hall–Kier alpha value is -2.90. The molecule has 0 aliphatic carbocycles. The molecule has 3 N–H and O–H groups in total. The van der Waals surface area contributed by atoms with E-state index in [1.807, 2.05) is 19.1 Å². The number of phenols is 1. The lowest BCUT2D eigenvalue weighted by atomic mass is 9.91. The van der Waals surface area contributed by atoms with Crippen LogP contribution in [0.15, 0.2) is 54.8 Å². The minimum atomic E-state index is -0.577. The molecule has 2 aliphatic heterocycles. The highest BCUT2D eigenvalue weighted by Crippen LogP contribution is 2.32. The van der Waals surface area contributed by atoms with E-state index < -0.39 is 18.2 Å². The number of esters is 1. The van der Waals surface area contributed by atoms with Gasteiger partial charge in [-0.15, -0.1) is 0 Å². The normalized spacial score (nSPS) is 26.2. The van der Waals surface area contributed by atoms with Crippen molar-refractivity contribution in [3.8, 4) is 5.75 Å². The van der Waals surface area contributed by atoms with Gasteiger partial charge in [0.15, 0.2) is 0 Å². The van der Waals surface area contributed by atoms with E-state index in [2.05, 4.69) is 5.32 Å². The van der Waals surface area contributed by atoms with Gasteiger partial charge < -0.3 is 25.0 Å². The third-order valence-electron chi connectivity index (χ3n) is 5.51. The highest BCUT2D eigenvalue weighted by Gasteiger charge is 2.34. The molecule has 1 aromatic rings. The molecule has 1 aromatic carbocycles. The Morgan fingerprint density at radius 3 is 2.81 bits per heavy atom. The molecule has 2 unspecified atom stereocenters. The summed E-state index contributed by atoms with van der Waals surface area (Å²) >= 11 is 0. The van der Waals surface area contributed by atoms with Gasteiger partial charge in [-0.2, -0.15) is 0 Å². The summed E-state index contributed by atoms with van der Waals surface area (Å²) in [5.74, 6) is -0.969. The van der Waals surface area contributed by atoms with Crippen LogP contribution in [0.1, 0.15) is 54.9 Å². The van der Waals surface area contributed by atoms with E-state index in [-0.39, 0.29) is 29.4 Å². The Labute approximate surface area is 188 Å². The quantitative estimate of drug-likeness (QED) is 0.355. The molecule has 32 heavy (non-hydrogen) atoms. The largest absolute Gasteiger partial charge is 0.507 e. The van der Waals surface area contributed by atoms with Gasteiger partial charge in [0, 0.05) is 25.1 Å². The number of aliphatic hydroxyl groups excluding tert-OH is 1. The van der Waals surface area contributed by atoms with Crippen LogP contribution in [-0.4, -0.2) is 46.5 Å². The second-order valence-electron chi connectivity index (χ2n) is 8.13. The molecule has 0 radical (unpaired) electrons. The van der Waals surface area contributed by atoms with Crippen LogP contribution in [0.4, 0.5) is 0 Å². The number of rotatable bonds is 6. The summed E-state index contributed by atoms with van der Waals surface area (Å²) in [6, 6.07) is 4.91. The number of allylic oxidation sites excluding steroid dienone is 3. The number of hydrogen-bond acceptors (Lipinski definition) is 6. The number of fused-ring (bicyclic) bond motifs is 3. The molecule has 2 aliphatic rings. The molecule has 0 saturated carbocycles. The van der Waals surface area contributed by atoms with Crippen molar-refractivity contribution in [1.29, 1.82) is 0 Å². The Morgan fingerprint density at radius 1 is 1.19 bits per heavy atom. The number of aliphatic hydroxyl groups is 1. The first-order valence-electron chi connectivity index (χ1n) is 11.1. The van der Waals surface area contributed by atoms with Crippen molar-refractivity contribution in [2.24, 2.45) is 0 Å². The zero-order chi connectivity index (χ0) is 22.9. The van der Waals surface area contributed by atoms with Gasteiger partial charge in [0.2, 0.25) is 5.91 Å². The van der Waals surface area contributed by atoms with Crippen molar-refractivity contribution < 1.29 is 29.3 Å². The fraction of sp³-hybridized carbons (Fsp3) is 0.440. The SMILES string of the molecule is CC/C=C\C=C/C(=O)N/C=C/CC1C[C@H]2C[C@H](O)CC(Cc3cccc(O)c3C(=O)O1)O2. The smallest absolute Gasteiger partial charge is 0.342 e. The number of benzene rings is 1. The summed E-state index contributed by atoms with van der Waals surface area (Å²) in [5.41, 5.74) is 0.780. The first kappa shape index (κ1) is 23.8. The second-order valence-corrected chi connectivity index (χ2v) is 8.13. The maximum Gasteiger partial charge on any atom is 0.342 e. The number of cyclic esters (lactones) is 1. The van der Waals surface area contributed by atoms with Crippen LogP contribution in [0, 0.1) is 0 Å². The van der Waals surface area contributed by atoms with E-state index in [0.29, 0.717) is 37.7 Å². The molecule has 3 rings (SSSR count). The number of carbonyl (C=O) groups excluding carboxylic acids is 2. The van der Waals surface area contributed by atoms with Gasteiger partial charge in [-0.05, 0) is 37.3 Å². The van der Waals surface area contributed by atoms with E-state index in [1.165, 1.54) is 18.3 Å². The molecule has 1 fully saturated rings. The number of hydrogen-bond donors (Lipinski definition) is 3. The summed E-state index contributed by atoms with van der Waals surface area (Å²) in [6.07, 6.45) is 11.7. The van der Waals surface area contributed by atoms with Gasteiger partial charge >= 0.3 is 5.97 Å². The summed E-state index contributed by atoms with van der Waals surface area (Å²) < 4.78 is 11.9. The minimum Gasteiger partial charge on any atom is -0.507 e. The van der Waals surface area contributed by atoms with Gasteiger partial charge in [-0.3, -0.25) is 4.79 Å². The Kier molecular flexibility index (Phi) is 8.64. The molecular weight excluding hydrogens is 410 g/mol. The van der Waals surface area contributed by atoms with Crippen molar-refractivity contribution in [2.75, 3.05) is 0 Å². The fourth-order valence-electron chi connectivity index (χ4n) is 4.07. The van der Waals surface area contributed by atoms with E-state index >= 15 is 0 Å². The summed E-state index contributed by atoms with van der Waals surface area (Å²) in [5, 5.41) is 23.2. The monoisotopic (exact) mass is 441 g/mol. The topological polar surface area (TPSA) is 105 Å². The van der Waals surface area contributed by atoms with Crippen molar-refractivity contribution in [1.82, 2.24) is 5.32 Å². The maximum absolute atomic E-state index is 12.9. The number of phenolic OH excluding ortho intramolecular Hbond substituents is 1. The average Bonchev–Trinajstić information content (AvgIpc) is 2.73. The van der Waals surface area contributed by atoms with E-state index in [4.69, 9.17) is 9.47 Å². The molecule has 1 amide bonds. The molecule has 7 nitrogen and oxygen atoms in total. The Bertz CT molecular complexity index is 890.